The van der Waals surface area contributed by atoms with E-state index < -0.39 is 0 Å². The molecular weight excluding hydrogens is 310 g/mol. The average Bonchev–Trinajstić information content (AvgIpc) is 2.93. The lowest BCUT2D eigenvalue weighted by Gasteiger charge is -2.12. The molecule has 1 unspecified atom stereocenters. The zero-order chi connectivity index (χ0) is 14.0. The summed E-state index contributed by atoms with van der Waals surface area (Å²) in [6.07, 6.45) is 5.42. The summed E-state index contributed by atoms with van der Waals surface area (Å²) in [5.74, 6) is -0.0705. The number of aryl methyl sites for hydroxylation is 2. The molecule has 0 bridgehead atoms. The fourth-order valence-corrected chi connectivity index (χ4v) is 1.97. The van der Waals surface area contributed by atoms with Crippen LogP contribution in [0.4, 0.5) is 0 Å². The number of hydrogen-bond acceptors (Lipinski definition) is 3. The lowest BCUT2D eigenvalue weighted by atomic mass is 10.3. The van der Waals surface area contributed by atoms with E-state index in [0.29, 0.717) is 6.54 Å². The molecule has 1 atom stereocenters. The van der Waals surface area contributed by atoms with Crippen LogP contribution in [0.25, 0.3) is 0 Å². The Labute approximate surface area is 119 Å². The van der Waals surface area contributed by atoms with Gasteiger partial charge in [0.05, 0.1) is 16.4 Å². The molecule has 102 valence electrons. The van der Waals surface area contributed by atoms with E-state index in [1.165, 1.54) is 0 Å². The summed E-state index contributed by atoms with van der Waals surface area (Å²) in [7, 11) is 1.85. The van der Waals surface area contributed by atoms with Gasteiger partial charge >= 0.3 is 0 Å². The van der Waals surface area contributed by atoms with Crippen LogP contribution in [-0.4, -0.2) is 25.5 Å². The molecule has 0 saturated heterocycles. The van der Waals surface area contributed by atoms with Crippen molar-refractivity contribution in [2.24, 2.45) is 7.05 Å². The maximum Gasteiger partial charge on any atom is 0.244 e. The second kappa shape index (κ2) is 5.56. The quantitative estimate of drug-likeness (QED) is 0.927. The van der Waals surface area contributed by atoms with Crippen LogP contribution < -0.4 is 5.32 Å². The third-order valence-corrected chi connectivity index (χ3v) is 3.64. The largest absolute Gasteiger partial charge is 0.350 e. The highest BCUT2D eigenvalue weighted by atomic mass is 79.9. The van der Waals surface area contributed by atoms with Gasteiger partial charge in [0.25, 0.3) is 0 Å². The molecule has 6 nitrogen and oxygen atoms in total. The molecule has 2 heterocycles. The van der Waals surface area contributed by atoms with Crippen molar-refractivity contribution >= 4 is 21.8 Å². The molecule has 0 radical (unpaired) electrons. The van der Waals surface area contributed by atoms with Crippen molar-refractivity contribution in [2.45, 2.75) is 26.4 Å². The molecule has 2 aromatic rings. The van der Waals surface area contributed by atoms with Gasteiger partial charge in [0.1, 0.15) is 6.04 Å². The molecule has 0 aromatic carbocycles. The van der Waals surface area contributed by atoms with Crippen molar-refractivity contribution in [3.05, 3.63) is 34.3 Å². The topological polar surface area (TPSA) is 64.7 Å². The Morgan fingerprint density at radius 2 is 2.26 bits per heavy atom. The maximum absolute atomic E-state index is 12.0. The number of rotatable bonds is 4. The van der Waals surface area contributed by atoms with E-state index in [1.54, 1.807) is 15.6 Å². The van der Waals surface area contributed by atoms with E-state index in [9.17, 15) is 4.79 Å². The van der Waals surface area contributed by atoms with Crippen molar-refractivity contribution in [3.63, 3.8) is 0 Å². The SMILES string of the molecule is Cc1nn(C(C)C(=O)NCc2cnn(C)c2)cc1Br. The summed E-state index contributed by atoms with van der Waals surface area (Å²) < 4.78 is 4.26. The fraction of sp³-hybridized carbons (Fsp3) is 0.417. The highest BCUT2D eigenvalue weighted by Gasteiger charge is 2.16. The van der Waals surface area contributed by atoms with Gasteiger partial charge in [0.15, 0.2) is 0 Å². The molecule has 0 aliphatic heterocycles. The van der Waals surface area contributed by atoms with Crippen LogP contribution in [0.15, 0.2) is 23.1 Å². The van der Waals surface area contributed by atoms with Gasteiger partial charge in [-0.25, -0.2) is 0 Å². The number of carbonyl (C=O) groups excluding carboxylic acids is 1. The van der Waals surface area contributed by atoms with Crippen LogP contribution in [0.2, 0.25) is 0 Å². The first-order chi connectivity index (χ1) is 8.97. The van der Waals surface area contributed by atoms with Crippen molar-refractivity contribution in [1.82, 2.24) is 24.9 Å². The lowest BCUT2D eigenvalue weighted by Crippen LogP contribution is -2.30. The van der Waals surface area contributed by atoms with Gasteiger partial charge < -0.3 is 5.32 Å². The monoisotopic (exact) mass is 325 g/mol. The Balaban J connectivity index is 1.96. The molecule has 7 heteroatoms. The fourth-order valence-electron chi connectivity index (χ4n) is 1.68. The van der Waals surface area contributed by atoms with Crippen molar-refractivity contribution in [1.29, 1.82) is 0 Å². The Kier molecular flexibility index (Phi) is 4.04. The molecule has 1 N–H and O–H groups in total. The van der Waals surface area contributed by atoms with Gasteiger partial charge in [0, 0.05) is 31.5 Å². The highest BCUT2D eigenvalue weighted by Crippen LogP contribution is 2.16. The second-order valence-electron chi connectivity index (χ2n) is 4.46. The van der Waals surface area contributed by atoms with E-state index in [1.807, 2.05) is 33.3 Å². The number of amides is 1. The zero-order valence-corrected chi connectivity index (χ0v) is 12.7. The minimum absolute atomic E-state index is 0.0705. The number of carbonyl (C=O) groups is 1. The molecule has 0 aliphatic rings. The maximum atomic E-state index is 12.0. The Hall–Kier alpha value is -1.63. The summed E-state index contributed by atoms with van der Waals surface area (Å²) in [5, 5.41) is 11.2. The molecule has 2 rings (SSSR count). The van der Waals surface area contributed by atoms with Gasteiger partial charge in [-0.05, 0) is 29.8 Å². The van der Waals surface area contributed by atoms with Gasteiger partial charge in [-0.2, -0.15) is 10.2 Å². The van der Waals surface area contributed by atoms with Crippen molar-refractivity contribution in [2.75, 3.05) is 0 Å². The third kappa shape index (κ3) is 3.23. The standard InChI is InChI=1S/C12H16BrN5O/c1-8-11(13)7-18(16-8)9(2)12(19)14-4-10-5-15-17(3)6-10/h5-7,9H,4H2,1-3H3,(H,14,19). The van der Waals surface area contributed by atoms with Gasteiger partial charge in [-0.1, -0.05) is 0 Å². The van der Waals surface area contributed by atoms with Crippen molar-refractivity contribution < 1.29 is 4.79 Å². The summed E-state index contributed by atoms with van der Waals surface area (Å²) in [4.78, 5) is 12.0. The number of aromatic nitrogens is 4. The van der Waals surface area contributed by atoms with Crippen LogP contribution in [0.1, 0.15) is 24.2 Å². The third-order valence-electron chi connectivity index (χ3n) is 2.86. The zero-order valence-electron chi connectivity index (χ0n) is 11.1. The average molecular weight is 326 g/mol. The van der Waals surface area contributed by atoms with Crippen LogP contribution in [-0.2, 0) is 18.4 Å². The van der Waals surface area contributed by atoms with Gasteiger partial charge in [0.2, 0.25) is 5.91 Å². The molecular formula is C12H16BrN5O. The van der Waals surface area contributed by atoms with E-state index in [0.717, 1.165) is 15.7 Å². The van der Waals surface area contributed by atoms with E-state index in [4.69, 9.17) is 0 Å². The number of nitrogens with zero attached hydrogens (tertiary/aromatic N) is 4. The Morgan fingerprint density at radius 3 is 2.79 bits per heavy atom. The van der Waals surface area contributed by atoms with E-state index >= 15 is 0 Å². The summed E-state index contributed by atoms with van der Waals surface area (Å²) >= 11 is 3.39. The van der Waals surface area contributed by atoms with E-state index in [2.05, 4.69) is 31.4 Å². The Bertz CT molecular complexity index is 569. The summed E-state index contributed by atoms with van der Waals surface area (Å²) in [6, 6.07) is -0.346. The minimum atomic E-state index is -0.346. The smallest absolute Gasteiger partial charge is 0.244 e. The first kappa shape index (κ1) is 13.8. The van der Waals surface area contributed by atoms with Crippen molar-refractivity contribution in [3.8, 4) is 0 Å². The van der Waals surface area contributed by atoms with Crippen LogP contribution in [0, 0.1) is 6.92 Å². The van der Waals surface area contributed by atoms with Gasteiger partial charge in [-0.15, -0.1) is 0 Å². The molecule has 1 amide bonds. The predicted molar refractivity (Wildman–Crippen MR) is 74.4 cm³/mol. The van der Waals surface area contributed by atoms with Crippen LogP contribution in [0.3, 0.4) is 0 Å². The molecule has 0 saturated carbocycles. The number of nitrogens with one attached hydrogen (secondary N) is 1. The second-order valence-corrected chi connectivity index (χ2v) is 5.31. The predicted octanol–water partition coefficient (Wildman–Crippen LogP) is 1.56. The molecule has 0 fully saturated rings. The van der Waals surface area contributed by atoms with E-state index in [-0.39, 0.29) is 11.9 Å². The summed E-state index contributed by atoms with van der Waals surface area (Å²) in [6.45, 7) is 4.18. The first-order valence-electron chi connectivity index (χ1n) is 5.94. The molecule has 19 heavy (non-hydrogen) atoms. The number of hydrogen-bond donors (Lipinski definition) is 1. The van der Waals surface area contributed by atoms with Gasteiger partial charge in [-0.3, -0.25) is 14.2 Å². The van der Waals surface area contributed by atoms with Crippen LogP contribution >= 0.6 is 15.9 Å². The normalized spacial score (nSPS) is 12.4. The molecule has 0 spiro atoms. The number of halogens is 1. The lowest BCUT2D eigenvalue weighted by molar-refractivity contribution is -0.124. The first-order valence-corrected chi connectivity index (χ1v) is 6.73. The minimum Gasteiger partial charge on any atom is -0.350 e. The summed E-state index contributed by atoms with van der Waals surface area (Å²) in [5.41, 5.74) is 1.84. The molecule has 0 aliphatic carbocycles. The Morgan fingerprint density at radius 1 is 1.53 bits per heavy atom. The van der Waals surface area contributed by atoms with Crippen LogP contribution in [0.5, 0.6) is 0 Å². The highest BCUT2D eigenvalue weighted by molar-refractivity contribution is 9.10. The molecule has 2 aromatic heterocycles.